The van der Waals surface area contributed by atoms with E-state index in [0.717, 1.165) is 19.4 Å². The zero-order valence-corrected chi connectivity index (χ0v) is 11.3. The molecule has 1 saturated carbocycles. The number of hydrogen-bond acceptors (Lipinski definition) is 4. The molecule has 1 saturated heterocycles. The van der Waals surface area contributed by atoms with Crippen LogP contribution in [0.2, 0.25) is 0 Å². The second kappa shape index (κ2) is 5.65. The summed E-state index contributed by atoms with van der Waals surface area (Å²) in [4.78, 5) is 5.17. The monoisotopic (exact) mass is 241 g/mol. The van der Waals surface area contributed by atoms with E-state index in [0.29, 0.717) is 6.10 Å². The van der Waals surface area contributed by atoms with E-state index in [1.165, 1.54) is 39.1 Å². The first kappa shape index (κ1) is 13.3. The van der Waals surface area contributed by atoms with Gasteiger partial charge in [0.1, 0.15) is 0 Å². The second-order valence-electron chi connectivity index (χ2n) is 5.52. The zero-order valence-electron chi connectivity index (χ0n) is 11.3. The quantitative estimate of drug-likeness (QED) is 0.762. The topological polar surface area (TPSA) is 41.7 Å². The molecule has 2 fully saturated rings. The lowest BCUT2D eigenvalue weighted by Gasteiger charge is -2.55. The van der Waals surface area contributed by atoms with Gasteiger partial charge in [0.05, 0.1) is 6.10 Å². The summed E-state index contributed by atoms with van der Waals surface area (Å²) in [5.41, 5.74) is 6.25. The molecule has 2 N–H and O–H groups in total. The van der Waals surface area contributed by atoms with Crippen LogP contribution in [0.3, 0.4) is 0 Å². The lowest BCUT2D eigenvalue weighted by molar-refractivity contribution is -0.0988. The molecule has 0 atom stereocenters. The average molecular weight is 241 g/mol. The molecule has 2 rings (SSSR count). The van der Waals surface area contributed by atoms with Crippen LogP contribution >= 0.6 is 0 Å². The Labute approximate surface area is 105 Å². The van der Waals surface area contributed by atoms with E-state index in [9.17, 15) is 0 Å². The lowest BCUT2D eigenvalue weighted by Crippen LogP contribution is -2.67. The maximum atomic E-state index is 6.00. The fraction of sp³-hybridized carbons (Fsp3) is 1.00. The predicted octanol–water partition coefficient (Wildman–Crippen LogP) is 0.520. The number of piperazine rings is 1. The number of nitrogens with zero attached hydrogens (tertiary/aromatic N) is 2. The van der Waals surface area contributed by atoms with Gasteiger partial charge in [-0.25, -0.2) is 0 Å². The smallest absolute Gasteiger partial charge is 0.0607 e. The minimum atomic E-state index is 0.249. The first-order chi connectivity index (χ1) is 8.24. The Morgan fingerprint density at radius 2 is 1.88 bits per heavy atom. The largest absolute Gasteiger partial charge is 0.381 e. The van der Waals surface area contributed by atoms with Crippen LogP contribution in [0.5, 0.6) is 0 Å². The van der Waals surface area contributed by atoms with Gasteiger partial charge in [-0.2, -0.15) is 0 Å². The van der Waals surface area contributed by atoms with Crippen LogP contribution in [0.15, 0.2) is 0 Å². The molecule has 0 radical (unpaired) electrons. The fourth-order valence-electron chi connectivity index (χ4n) is 3.27. The van der Waals surface area contributed by atoms with Gasteiger partial charge in [-0.05, 0) is 25.8 Å². The van der Waals surface area contributed by atoms with E-state index in [2.05, 4.69) is 16.7 Å². The van der Waals surface area contributed by atoms with Crippen LogP contribution in [-0.4, -0.2) is 67.8 Å². The van der Waals surface area contributed by atoms with Crippen molar-refractivity contribution < 1.29 is 4.74 Å². The van der Waals surface area contributed by atoms with Crippen molar-refractivity contribution in [2.75, 3.05) is 46.4 Å². The molecule has 100 valence electrons. The van der Waals surface area contributed by atoms with Crippen molar-refractivity contribution in [2.24, 2.45) is 5.73 Å². The normalized spacial score (nSPS) is 35.8. The van der Waals surface area contributed by atoms with Crippen molar-refractivity contribution in [3.8, 4) is 0 Å². The minimum Gasteiger partial charge on any atom is -0.381 e. The first-order valence-electron chi connectivity index (χ1n) is 6.94. The SMILES string of the molecule is CCCN1CCN(C2(CN)CC(OC)C2)CC1. The van der Waals surface area contributed by atoms with Crippen molar-refractivity contribution in [1.82, 2.24) is 9.80 Å². The maximum absolute atomic E-state index is 6.00. The molecule has 1 aliphatic carbocycles. The third-order valence-electron chi connectivity index (χ3n) is 4.51. The number of nitrogens with two attached hydrogens (primary N) is 1. The highest BCUT2D eigenvalue weighted by atomic mass is 16.5. The minimum absolute atomic E-state index is 0.249. The highest BCUT2D eigenvalue weighted by molar-refractivity contribution is 5.05. The zero-order chi connectivity index (χ0) is 12.3. The van der Waals surface area contributed by atoms with Crippen molar-refractivity contribution in [2.45, 2.75) is 37.8 Å². The van der Waals surface area contributed by atoms with E-state index in [1.807, 2.05) is 7.11 Å². The molecule has 0 aromatic rings. The highest BCUT2D eigenvalue weighted by Crippen LogP contribution is 2.39. The molecule has 1 heterocycles. The maximum Gasteiger partial charge on any atom is 0.0607 e. The number of rotatable bonds is 5. The first-order valence-corrected chi connectivity index (χ1v) is 6.94. The van der Waals surface area contributed by atoms with Gasteiger partial charge in [0.2, 0.25) is 0 Å². The average Bonchev–Trinajstić information content (AvgIpc) is 2.31. The van der Waals surface area contributed by atoms with E-state index in [-0.39, 0.29) is 5.54 Å². The van der Waals surface area contributed by atoms with Gasteiger partial charge in [0.25, 0.3) is 0 Å². The standard InChI is InChI=1S/C13H27N3O/c1-3-4-15-5-7-16(8-6-15)13(11-14)9-12(10-13)17-2/h12H,3-11,14H2,1-2H3. The molecular formula is C13H27N3O. The van der Waals surface area contributed by atoms with Crippen LogP contribution in [0.25, 0.3) is 0 Å². The third kappa shape index (κ3) is 2.65. The molecule has 0 bridgehead atoms. The van der Waals surface area contributed by atoms with Crippen LogP contribution in [0.4, 0.5) is 0 Å². The summed E-state index contributed by atoms with van der Waals surface area (Å²) in [6.07, 6.45) is 3.93. The van der Waals surface area contributed by atoms with Crippen LogP contribution < -0.4 is 5.73 Å². The van der Waals surface area contributed by atoms with Crippen LogP contribution in [-0.2, 0) is 4.74 Å². The third-order valence-corrected chi connectivity index (χ3v) is 4.51. The number of hydrogen-bond donors (Lipinski definition) is 1. The Hall–Kier alpha value is -0.160. The summed E-state index contributed by atoms with van der Waals surface area (Å²) in [6, 6.07) is 0. The number of ether oxygens (including phenoxy) is 1. The van der Waals surface area contributed by atoms with Gasteiger partial charge in [-0.3, -0.25) is 4.90 Å². The summed E-state index contributed by atoms with van der Waals surface area (Å²) < 4.78 is 5.40. The molecule has 0 spiro atoms. The molecule has 2 aliphatic rings. The Morgan fingerprint density at radius 3 is 2.35 bits per heavy atom. The van der Waals surface area contributed by atoms with E-state index >= 15 is 0 Å². The molecular weight excluding hydrogens is 214 g/mol. The molecule has 0 amide bonds. The highest BCUT2D eigenvalue weighted by Gasteiger charge is 2.48. The Bertz CT molecular complexity index is 233. The summed E-state index contributed by atoms with van der Waals surface area (Å²) in [7, 11) is 1.81. The summed E-state index contributed by atoms with van der Waals surface area (Å²) in [5.74, 6) is 0. The van der Waals surface area contributed by atoms with Gasteiger partial charge in [-0.15, -0.1) is 0 Å². The van der Waals surface area contributed by atoms with Gasteiger partial charge in [0.15, 0.2) is 0 Å². The molecule has 4 nitrogen and oxygen atoms in total. The Morgan fingerprint density at radius 1 is 1.24 bits per heavy atom. The Kier molecular flexibility index (Phi) is 4.42. The van der Waals surface area contributed by atoms with E-state index < -0.39 is 0 Å². The lowest BCUT2D eigenvalue weighted by atomic mass is 9.72. The summed E-state index contributed by atoms with van der Waals surface area (Å²) in [5, 5.41) is 0. The van der Waals surface area contributed by atoms with Crippen molar-refractivity contribution in [3.05, 3.63) is 0 Å². The molecule has 1 aliphatic heterocycles. The van der Waals surface area contributed by atoms with Crippen LogP contribution in [0, 0.1) is 0 Å². The molecule has 0 aromatic heterocycles. The fourth-order valence-corrected chi connectivity index (χ4v) is 3.27. The predicted molar refractivity (Wildman–Crippen MR) is 70.1 cm³/mol. The van der Waals surface area contributed by atoms with Gasteiger partial charge >= 0.3 is 0 Å². The molecule has 4 heteroatoms. The molecule has 17 heavy (non-hydrogen) atoms. The van der Waals surface area contributed by atoms with Crippen LogP contribution in [0.1, 0.15) is 26.2 Å². The van der Waals surface area contributed by atoms with Crippen molar-refractivity contribution in [3.63, 3.8) is 0 Å². The summed E-state index contributed by atoms with van der Waals surface area (Å²) >= 11 is 0. The van der Waals surface area contributed by atoms with Gasteiger partial charge < -0.3 is 15.4 Å². The van der Waals surface area contributed by atoms with E-state index in [1.54, 1.807) is 0 Å². The molecule has 0 unspecified atom stereocenters. The summed E-state index contributed by atoms with van der Waals surface area (Å²) in [6.45, 7) is 9.02. The van der Waals surface area contributed by atoms with Gasteiger partial charge in [0, 0.05) is 45.4 Å². The number of methoxy groups -OCH3 is 1. The van der Waals surface area contributed by atoms with E-state index in [4.69, 9.17) is 10.5 Å². The molecule has 0 aromatic carbocycles. The Balaban J connectivity index is 1.83. The van der Waals surface area contributed by atoms with Gasteiger partial charge in [-0.1, -0.05) is 6.92 Å². The second-order valence-corrected chi connectivity index (χ2v) is 5.52. The van der Waals surface area contributed by atoms with Crippen molar-refractivity contribution >= 4 is 0 Å². The van der Waals surface area contributed by atoms with Crippen molar-refractivity contribution in [1.29, 1.82) is 0 Å².